The van der Waals surface area contributed by atoms with Gasteiger partial charge in [0.2, 0.25) is 0 Å². The first kappa shape index (κ1) is 14.3. The second kappa shape index (κ2) is 6.35. The summed E-state index contributed by atoms with van der Waals surface area (Å²) >= 11 is 5.72. The molecule has 1 saturated heterocycles. The zero-order chi connectivity index (χ0) is 13.8. The highest BCUT2D eigenvalue weighted by atomic mass is 35.5. The minimum absolute atomic E-state index is 0.0173. The molecule has 1 aromatic carbocycles. The Balaban J connectivity index is 1.90. The first-order valence-corrected chi connectivity index (χ1v) is 6.72. The van der Waals surface area contributed by atoms with Gasteiger partial charge < -0.3 is 4.74 Å². The lowest BCUT2D eigenvalue weighted by molar-refractivity contribution is -0.147. The average molecular weight is 286 g/mol. The Hall–Kier alpha value is -1.13. The lowest BCUT2D eigenvalue weighted by Crippen LogP contribution is -2.36. The van der Waals surface area contributed by atoms with Crippen molar-refractivity contribution in [3.63, 3.8) is 0 Å². The van der Waals surface area contributed by atoms with Crippen molar-refractivity contribution in [1.29, 1.82) is 0 Å². The van der Waals surface area contributed by atoms with Crippen LogP contribution in [0.1, 0.15) is 18.4 Å². The van der Waals surface area contributed by atoms with Crippen molar-refractivity contribution in [2.24, 2.45) is 5.92 Å². The molecule has 0 amide bonds. The van der Waals surface area contributed by atoms with Gasteiger partial charge in [0.05, 0.1) is 13.0 Å². The number of ether oxygens (including phenoxy) is 1. The molecule has 1 aliphatic heterocycles. The Bertz CT molecular complexity index is 459. The van der Waals surface area contributed by atoms with Crippen molar-refractivity contribution < 1.29 is 13.9 Å². The van der Waals surface area contributed by atoms with Gasteiger partial charge in [-0.2, -0.15) is 0 Å². The van der Waals surface area contributed by atoms with Gasteiger partial charge >= 0.3 is 5.97 Å². The summed E-state index contributed by atoms with van der Waals surface area (Å²) in [4.78, 5) is 13.6. The van der Waals surface area contributed by atoms with Gasteiger partial charge in [0.15, 0.2) is 0 Å². The summed E-state index contributed by atoms with van der Waals surface area (Å²) in [7, 11) is 1.41. The van der Waals surface area contributed by atoms with Gasteiger partial charge in [-0.1, -0.05) is 17.7 Å². The number of piperidine rings is 1. The topological polar surface area (TPSA) is 29.5 Å². The Kier molecular flexibility index (Phi) is 4.77. The fourth-order valence-electron chi connectivity index (χ4n) is 2.38. The molecule has 0 aliphatic carbocycles. The number of likely N-dealkylation sites (tertiary alicyclic amines) is 1. The molecule has 1 fully saturated rings. The summed E-state index contributed by atoms with van der Waals surface area (Å²) < 4.78 is 18.4. The zero-order valence-corrected chi connectivity index (χ0v) is 11.6. The van der Waals surface area contributed by atoms with Crippen molar-refractivity contribution >= 4 is 17.6 Å². The van der Waals surface area contributed by atoms with E-state index in [-0.39, 0.29) is 17.7 Å². The molecule has 1 heterocycles. The predicted molar refractivity (Wildman–Crippen MR) is 71.4 cm³/mol. The van der Waals surface area contributed by atoms with Crippen LogP contribution >= 0.6 is 11.6 Å². The van der Waals surface area contributed by atoms with E-state index in [1.54, 1.807) is 12.1 Å². The maximum atomic E-state index is 13.7. The Labute approximate surface area is 117 Å². The number of esters is 1. The lowest BCUT2D eigenvalue weighted by Gasteiger charge is -2.30. The van der Waals surface area contributed by atoms with Crippen molar-refractivity contribution in [3.05, 3.63) is 34.6 Å². The minimum atomic E-state index is -0.275. The van der Waals surface area contributed by atoms with Crippen LogP contribution < -0.4 is 0 Å². The number of halogens is 2. The van der Waals surface area contributed by atoms with E-state index >= 15 is 0 Å². The molecule has 1 aliphatic rings. The van der Waals surface area contributed by atoms with Gasteiger partial charge in [0.1, 0.15) is 5.82 Å². The Morgan fingerprint density at radius 1 is 1.47 bits per heavy atom. The summed E-state index contributed by atoms with van der Waals surface area (Å²) in [5, 5.41) is 0.408. The summed E-state index contributed by atoms with van der Waals surface area (Å²) in [5.41, 5.74) is 0.640. The fraction of sp³-hybridized carbons (Fsp3) is 0.500. The van der Waals surface area contributed by atoms with Crippen molar-refractivity contribution in [3.8, 4) is 0 Å². The largest absolute Gasteiger partial charge is 0.469 e. The molecular weight excluding hydrogens is 269 g/mol. The number of benzene rings is 1. The molecule has 1 aromatic rings. The van der Waals surface area contributed by atoms with E-state index in [1.165, 1.54) is 13.2 Å². The lowest BCUT2D eigenvalue weighted by atomic mass is 9.96. The first-order chi connectivity index (χ1) is 9.10. The van der Waals surface area contributed by atoms with E-state index in [0.29, 0.717) is 17.1 Å². The number of hydrogen-bond donors (Lipinski definition) is 0. The van der Waals surface area contributed by atoms with Crippen molar-refractivity contribution in [2.45, 2.75) is 19.4 Å². The normalized spacial score (nSPS) is 17.4. The molecule has 0 atom stereocenters. The molecule has 0 aromatic heterocycles. The molecule has 0 unspecified atom stereocenters. The van der Waals surface area contributed by atoms with Crippen molar-refractivity contribution in [2.75, 3.05) is 20.2 Å². The average Bonchev–Trinajstić information content (AvgIpc) is 2.42. The summed E-state index contributed by atoms with van der Waals surface area (Å²) in [6.07, 6.45) is 1.53. The molecule has 0 bridgehead atoms. The predicted octanol–water partition coefficient (Wildman–Crippen LogP) is 2.86. The van der Waals surface area contributed by atoms with Gasteiger partial charge in [-0.3, -0.25) is 9.69 Å². The van der Waals surface area contributed by atoms with Crippen LogP contribution in [0.2, 0.25) is 5.02 Å². The van der Waals surface area contributed by atoms with Gasteiger partial charge in [-0.15, -0.1) is 0 Å². The molecule has 5 heteroatoms. The molecular formula is C14H17ClFNO2. The van der Waals surface area contributed by atoms with Crippen LogP contribution in [0.3, 0.4) is 0 Å². The van der Waals surface area contributed by atoms with Crippen LogP contribution in [0.25, 0.3) is 0 Å². The number of rotatable bonds is 3. The van der Waals surface area contributed by atoms with Crippen molar-refractivity contribution in [1.82, 2.24) is 4.90 Å². The molecule has 2 rings (SSSR count). The maximum Gasteiger partial charge on any atom is 0.308 e. The number of carbonyl (C=O) groups excluding carboxylic acids is 1. The molecule has 0 radical (unpaired) electrons. The summed E-state index contributed by atoms with van der Waals surface area (Å²) in [6, 6.07) is 4.74. The second-order valence-corrected chi connectivity index (χ2v) is 5.25. The fourth-order valence-corrected chi connectivity index (χ4v) is 2.54. The van der Waals surface area contributed by atoms with E-state index in [4.69, 9.17) is 16.3 Å². The monoisotopic (exact) mass is 285 g/mol. The highest BCUT2D eigenvalue weighted by molar-refractivity contribution is 6.30. The van der Waals surface area contributed by atoms with Gasteiger partial charge in [0, 0.05) is 17.1 Å². The highest BCUT2D eigenvalue weighted by Crippen LogP contribution is 2.22. The van der Waals surface area contributed by atoms with Crippen LogP contribution in [-0.2, 0) is 16.1 Å². The third-order valence-corrected chi connectivity index (χ3v) is 3.77. The summed E-state index contributed by atoms with van der Waals surface area (Å²) in [5.74, 6) is -0.434. The van der Waals surface area contributed by atoms with Gasteiger partial charge in [-0.05, 0) is 38.1 Å². The first-order valence-electron chi connectivity index (χ1n) is 6.34. The second-order valence-electron chi connectivity index (χ2n) is 4.81. The molecule has 0 saturated carbocycles. The summed E-state index contributed by atoms with van der Waals surface area (Å²) in [6.45, 7) is 2.11. The van der Waals surface area contributed by atoms with Crippen LogP contribution in [0, 0.1) is 11.7 Å². The third-order valence-electron chi connectivity index (χ3n) is 3.53. The Morgan fingerprint density at radius 2 is 2.16 bits per heavy atom. The highest BCUT2D eigenvalue weighted by Gasteiger charge is 2.25. The molecule has 104 valence electrons. The number of nitrogens with zero attached hydrogens (tertiary/aromatic N) is 1. The van der Waals surface area contributed by atoms with Gasteiger partial charge in [0.25, 0.3) is 0 Å². The molecule has 0 N–H and O–H groups in total. The standard InChI is InChI=1S/C14H17ClFNO2/c1-19-14(18)10-4-6-17(7-5-10)9-11-2-3-12(15)8-13(11)16/h2-3,8,10H,4-7,9H2,1H3. The number of hydrogen-bond acceptors (Lipinski definition) is 3. The minimum Gasteiger partial charge on any atom is -0.469 e. The van der Waals surface area contributed by atoms with Crippen LogP contribution in [0.15, 0.2) is 18.2 Å². The number of carbonyl (C=O) groups is 1. The molecule has 0 spiro atoms. The van der Waals surface area contributed by atoms with E-state index in [0.717, 1.165) is 25.9 Å². The van der Waals surface area contributed by atoms with E-state index in [1.807, 2.05) is 0 Å². The quantitative estimate of drug-likeness (QED) is 0.800. The van der Waals surface area contributed by atoms with Crippen LogP contribution in [-0.4, -0.2) is 31.1 Å². The van der Waals surface area contributed by atoms with Crippen LogP contribution in [0.5, 0.6) is 0 Å². The maximum absolute atomic E-state index is 13.7. The molecule has 3 nitrogen and oxygen atoms in total. The van der Waals surface area contributed by atoms with Crippen LogP contribution in [0.4, 0.5) is 4.39 Å². The Morgan fingerprint density at radius 3 is 2.74 bits per heavy atom. The zero-order valence-electron chi connectivity index (χ0n) is 10.9. The van der Waals surface area contributed by atoms with Gasteiger partial charge in [-0.25, -0.2) is 4.39 Å². The number of methoxy groups -OCH3 is 1. The molecule has 19 heavy (non-hydrogen) atoms. The van der Waals surface area contributed by atoms with E-state index < -0.39 is 0 Å². The van der Waals surface area contributed by atoms with E-state index in [2.05, 4.69) is 4.90 Å². The SMILES string of the molecule is COC(=O)C1CCN(Cc2ccc(Cl)cc2F)CC1. The van der Waals surface area contributed by atoms with E-state index in [9.17, 15) is 9.18 Å². The smallest absolute Gasteiger partial charge is 0.308 e. The third kappa shape index (κ3) is 3.67.